The lowest BCUT2D eigenvalue weighted by atomic mass is 9.86. The Bertz CT molecular complexity index is 634. The summed E-state index contributed by atoms with van der Waals surface area (Å²) in [6.07, 6.45) is 5.18. The molecular weight excluding hydrogens is 286 g/mol. The minimum Gasteiger partial charge on any atom is -0.348 e. The van der Waals surface area contributed by atoms with Gasteiger partial charge in [0.25, 0.3) is 5.91 Å². The van der Waals surface area contributed by atoms with Gasteiger partial charge < -0.3 is 5.32 Å². The third kappa shape index (κ3) is 3.91. The van der Waals surface area contributed by atoms with E-state index in [9.17, 15) is 13.6 Å². The molecule has 0 spiro atoms. The van der Waals surface area contributed by atoms with Crippen molar-refractivity contribution >= 4 is 12.0 Å². The molecule has 1 aromatic carbocycles. The quantitative estimate of drug-likeness (QED) is 0.685. The van der Waals surface area contributed by atoms with E-state index in [1.54, 1.807) is 6.07 Å². The van der Waals surface area contributed by atoms with E-state index in [0.717, 1.165) is 50.0 Å². The van der Waals surface area contributed by atoms with Crippen LogP contribution in [0.4, 0.5) is 8.78 Å². The molecule has 1 aromatic rings. The van der Waals surface area contributed by atoms with Gasteiger partial charge in [0.2, 0.25) is 0 Å². The maximum Gasteiger partial charge on any atom is 0.262 e. The first-order chi connectivity index (χ1) is 10.5. The maximum absolute atomic E-state index is 13.6. The van der Waals surface area contributed by atoms with Crippen LogP contribution >= 0.6 is 0 Å². The molecule has 22 heavy (non-hydrogen) atoms. The van der Waals surface area contributed by atoms with E-state index in [1.807, 2.05) is 0 Å². The fraction of sp³-hybridized carbons (Fsp3) is 0.412. The van der Waals surface area contributed by atoms with Gasteiger partial charge in [-0.1, -0.05) is 19.8 Å². The Balaban J connectivity index is 2.16. The Morgan fingerprint density at radius 3 is 2.77 bits per heavy atom. The highest BCUT2D eigenvalue weighted by Crippen LogP contribution is 2.24. The van der Waals surface area contributed by atoms with Crippen molar-refractivity contribution in [3.63, 3.8) is 0 Å². The number of rotatable bonds is 3. The van der Waals surface area contributed by atoms with Gasteiger partial charge in [-0.25, -0.2) is 8.78 Å². The van der Waals surface area contributed by atoms with Crippen LogP contribution in [-0.4, -0.2) is 11.9 Å². The van der Waals surface area contributed by atoms with Gasteiger partial charge in [0.1, 0.15) is 23.3 Å². The van der Waals surface area contributed by atoms with Crippen molar-refractivity contribution in [3.05, 3.63) is 41.0 Å². The molecule has 0 saturated heterocycles. The first kappa shape index (κ1) is 16.2. The predicted molar refractivity (Wildman–Crippen MR) is 79.5 cm³/mol. The average molecular weight is 304 g/mol. The van der Waals surface area contributed by atoms with E-state index >= 15 is 0 Å². The molecule has 1 fully saturated rings. The molecular formula is C17H18F2N2O. The summed E-state index contributed by atoms with van der Waals surface area (Å²) in [5.74, 6) is -1.48. The topological polar surface area (TPSA) is 52.9 Å². The number of amides is 1. The van der Waals surface area contributed by atoms with Gasteiger partial charge in [-0.15, -0.1) is 0 Å². The van der Waals surface area contributed by atoms with Gasteiger partial charge in [-0.05, 0) is 43.0 Å². The molecule has 1 aliphatic rings. The van der Waals surface area contributed by atoms with Crippen molar-refractivity contribution in [2.45, 2.75) is 38.6 Å². The van der Waals surface area contributed by atoms with Crippen molar-refractivity contribution in [1.29, 1.82) is 5.26 Å². The summed E-state index contributed by atoms with van der Waals surface area (Å²) in [4.78, 5) is 12.2. The Kier molecular flexibility index (Phi) is 5.26. The van der Waals surface area contributed by atoms with Gasteiger partial charge in [0.05, 0.1) is 0 Å². The number of nitriles is 1. The monoisotopic (exact) mass is 304 g/mol. The highest BCUT2D eigenvalue weighted by Gasteiger charge is 2.24. The molecule has 0 unspecified atom stereocenters. The third-order valence-electron chi connectivity index (χ3n) is 4.05. The van der Waals surface area contributed by atoms with Crippen LogP contribution < -0.4 is 5.32 Å². The van der Waals surface area contributed by atoms with Crippen LogP contribution in [0.5, 0.6) is 0 Å². The molecule has 1 saturated carbocycles. The number of carbonyl (C=O) groups excluding carboxylic acids is 1. The fourth-order valence-electron chi connectivity index (χ4n) is 2.71. The van der Waals surface area contributed by atoms with Crippen LogP contribution in [0.2, 0.25) is 0 Å². The second-order valence-electron chi connectivity index (χ2n) is 5.68. The van der Waals surface area contributed by atoms with Crippen LogP contribution in [0.1, 0.15) is 38.2 Å². The highest BCUT2D eigenvalue weighted by molar-refractivity contribution is 6.01. The highest BCUT2D eigenvalue weighted by atomic mass is 19.1. The molecule has 0 radical (unpaired) electrons. The number of hydrogen-bond donors (Lipinski definition) is 1. The first-order valence-corrected chi connectivity index (χ1v) is 7.39. The molecule has 2 atom stereocenters. The summed E-state index contributed by atoms with van der Waals surface area (Å²) in [6, 6.07) is 4.70. The standard InChI is InChI=1S/C17H18F2N2O/c1-11-4-2-3-5-16(11)21-17(22)13(10-20)8-12-9-14(18)6-7-15(12)19/h6-9,11,16H,2-5H2,1H3,(H,21,22)/b13-8+/t11-,16-/m0/s1. The number of benzene rings is 1. The van der Waals surface area contributed by atoms with Crippen molar-refractivity contribution in [3.8, 4) is 6.07 Å². The number of carbonyl (C=O) groups is 1. The number of halogens is 2. The molecule has 0 heterocycles. The second-order valence-corrected chi connectivity index (χ2v) is 5.68. The molecule has 5 heteroatoms. The van der Waals surface area contributed by atoms with Crippen molar-refractivity contribution in [2.75, 3.05) is 0 Å². The van der Waals surface area contributed by atoms with Crippen LogP contribution in [0.3, 0.4) is 0 Å². The average Bonchev–Trinajstić information content (AvgIpc) is 2.50. The van der Waals surface area contributed by atoms with Gasteiger partial charge in [0.15, 0.2) is 0 Å². The number of nitrogens with one attached hydrogen (secondary N) is 1. The van der Waals surface area contributed by atoms with Crippen LogP contribution in [0, 0.1) is 28.9 Å². The van der Waals surface area contributed by atoms with Crippen LogP contribution in [-0.2, 0) is 4.79 Å². The molecule has 0 aliphatic heterocycles. The fourth-order valence-corrected chi connectivity index (χ4v) is 2.71. The van der Waals surface area contributed by atoms with Crippen molar-refractivity contribution in [1.82, 2.24) is 5.32 Å². The molecule has 1 amide bonds. The summed E-state index contributed by atoms with van der Waals surface area (Å²) in [5, 5.41) is 11.9. The summed E-state index contributed by atoms with van der Waals surface area (Å²) in [7, 11) is 0. The van der Waals surface area contributed by atoms with E-state index in [2.05, 4.69) is 12.2 Å². The summed E-state index contributed by atoms with van der Waals surface area (Å²) in [6.45, 7) is 2.06. The second kappa shape index (κ2) is 7.17. The predicted octanol–water partition coefficient (Wildman–Crippen LogP) is 3.57. The zero-order chi connectivity index (χ0) is 16.1. The van der Waals surface area contributed by atoms with E-state index < -0.39 is 17.5 Å². The lowest BCUT2D eigenvalue weighted by Crippen LogP contribution is -2.41. The molecule has 2 rings (SSSR count). The minimum absolute atomic E-state index is 0.0235. The molecule has 1 N–H and O–H groups in total. The van der Waals surface area contributed by atoms with Gasteiger partial charge in [0, 0.05) is 11.6 Å². The van der Waals surface area contributed by atoms with Crippen LogP contribution in [0.25, 0.3) is 6.08 Å². The van der Waals surface area contributed by atoms with Gasteiger partial charge >= 0.3 is 0 Å². The number of hydrogen-bond acceptors (Lipinski definition) is 2. The third-order valence-corrected chi connectivity index (χ3v) is 4.05. The molecule has 0 aromatic heterocycles. The Morgan fingerprint density at radius 2 is 2.09 bits per heavy atom. The first-order valence-electron chi connectivity index (χ1n) is 7.39. The Hall–Kier alpha value is -2.22. The Morgan fingerprint density at radius 1 is 1.36 bits per heavy atom. The van der Waals surface area contributed by atoms with Crippen molar-refractivity contribution in [2.24, 2.45) is 5.92 Å². The number of nitrogens with zero attached hydrogens (tertiary/aromatic N) is 1. The largest absolute Gasteiger partial charge is 0.348 e. The molecule has 1 aliphatic carbocycles. The van der Waals surface area contributed by atoms with Crippen molar-refractivity contribution < 1.29 is 13.6 Å². The Labute approximate surface area is 128 Å². The van der Waals surface area contributed by atoms with E-state index in [1.165, 1.54) is 0 Å². The lowest BCUT2D eigenvalue weighted by Gasteiger charge is -2.29. The summed E-state index contributed by atoms with van der Waals surface area (Å²) in [5.41, 5.74) is -0.328. The zero-order valence-corrected chi connectivity index (χ0v) is 12.4. The van der Waals surface area contributed by atoms with Gasteiger partial charge in [-0.3, -0.25) is 4.79 Å². The molecule has 3 nitrogen and oxygen atoms in total. The van der Waals surface area contributed by atoms with Gasteiger partial charge in [-0.2, -0.15) is 5.26 Å². The molecule has 116 valence electrons. The summed E-state index contributed by atoms with van der Waals surface area (Å²) < 4.78 is 26.7. The lowest BCUT2D eigenvalue weighted by molar-refractivity contribution is -0.118. The smallest absolute Gasteiger partial charge is 0.262 e. The van der Waals surface area contributed by atoms with E-state index in [0.29, 0.717) is 5.92 Å². The van der Waals surface area contributed by atoms with Crippen LogP contribution in [0.15, 0.2) is 23.8 Å². The normalized spacial score (nSPS) is 22.0. The molecule has 0 bridgehead atoms. The van der Waals surface area contributed by atoms with E-state index in [-0.39, 0.29) is 17.2 Å². The maximum atomic E-state index is 13.6. The SMILES string of the molecule is C[C@H]1CCCC[C@@H]1NC(=O)/C(C#N)=C/c1cc(F)ccc1F. The minimum atomic E-state index is -0.673. The van der Waals surface area contributed by atoms with E-state index in [4.69, 9.17) is 5.26 Å². The zero-order valence-electron chi connectivity index (χ0n) is 12.4. The summed E-state index contributed by atoms with van der Waals surface area (Å²) >= 11 is 0.